The Balaban J connectivity index is 1.60. The number of nitro groups is 1. The van der Waals surface area contributed by atoms with Gasteiger partial charge in [0.25, 0.3) is 5.56 Å². The Morgan fingerprint density at radius 1 is 1.08 bits per heavy atom. The van der Waals surface area contributed by atoms with Gasteiger partial charge in [-0.3, -0.25) is 19.5 Å². The molecule has 1 N–H and O–H groups in total. The lowest BCUT2D eigenvalue weighted by Gasteiger charge is -2.31. The van der Waals surface area contributed by atoms with Gasteiger partial charge < -0.3 is 14.6 Å². The predicted molar refractivity (Wildman–Crippen MR) is 147 cm³/mol. The van der Waals surface area contributed by atoms with Crippen LogP contribution in [0.2, 0.25) is 0 Å². The van der Waals surface area contributed by atoms with Crippen LogP contribution in [-0.2, 0) is 6.42 Å². The fraction of sp³-hybridized carbons (Fsp3) is 0.172. The molecule has 9 nitrogen and oxygen atoms in total. The number of phenols is 1. The van der Waals surface area contributed by atoms with E-state index in [2.05, 4.69) is 12.1 Å². The van der Waals surface area contributed by atoms with Crippen molar-refractivity contribution >= 4 is 28.8 Å². The molecule has 0 fully saturated rings. The van der Waals surface area contributed by atoms with Crippen molar-refractivity contribution in [2.45, 2.75) is 18.9 Å². The highest BCUT2D eigenvalue weighted by atomic mass is 32.1. The van der Waals surface area contributed by atoms with Gasteiger partial charge in [0.05, 0.1) is 35.4 Å². The summed E-state index contributed by atoms with van der Waals surface area (Å²) in [5, 5.41) is 21.2. The van der Waals surface area contributed by atoms with Gasteiger partial charge in [-0.25, -0.2) is 4.99 Å². The molecule has 6 rings (SSSR count). The monoisotopic (exact) mass is 541 g/mol. The van der Waals surface area contributed by atoms with Gasteiger partial charge in [0.15, 0.2) is 22.0 Å². The largest absolute Gasteiger partial charge is 0.502 e. The van der Waals surface area contributed by atoms with E-state index in [1.807, 2.05) is 30.3 Å². The number of nitro benzene ring substituents is 1. The zero-order valence-electron chi connectivity index (χ0n) is 21.1. The average Bonchev–Trinajstić information content (AvgIpc) is 3.26. The standard InChI is InChI=1S/C29H23N3O6S/c1-37-23-12-9-18(15-24(23)38-2)27-20-10-8-17-5-3-4-6-19(17)26(20)30-29-31(27)28(34)25(39-29)14-16-7-11-22(33)21(13-16)32(35)36/h3-7,9,11-15,27,33H,8,10H2,1-2H3/b25-14-/t27-/m1/s1. The molecule has 1 atom stereocenters. The second-order valence-electron chi connectivity index (χ2n) is 9.23. The van der Waals surface area contributed by atoms with Crippen molar-refractivity contribution in [2.24, 2.45) is 4.99 Å². The Labute approximate surface area is 226 Å². The van der Waals surface area contributed by atoms with Gasteiger partial charge >= 0.3 is 5.69 Å². The molecule has 1 aliphatic carbocycles. The Morgan fingerprint density at radius 2 is 1.87 bits per heavy atom. The minimum Gasteiger partial charge on any atom is -0.502 e. The van der Waals surface area contributed by atoms with Crippen molar-refractivity contribution in [3.8, 4) is 17.2 Å². The number of thiazole rings is 1. The SMILES string of the molecule is COc1ccc([C@@H]2C3=C(N=c4s/c(=C\c5ccc(O)c([N+](=O)[O-])c5)c(=O)n42)c2ccccc2CC3)cc1OC. The number of phenolic OH excluding ortho intramolecular Hbond substituents is 1. The van der Waals surface area contributed by atoms with Gasteiger partial charge in [0, 0.05) is 11.6 Å². The molecular formula is C29H23N3O6S. The maximum Gasteiger partial charge on any atom is 0.311 e. The van der Waals surface area contributed by atoms with Crippen molar-refractivity contribution in [1.82, 2.24) is 4.57 Å². The van der Waals surface area contributed by atoms with Crippen LogP contribution >= 0.6 is 11.3 Å². The molecule has 2 heterocycles. The number of hydrogen-bond donors (Lipinski definition) is 1. The van der Waals surface area contributed by atoms with E-state index >= 15 is 0 Å². The van der Waals surface area contributed by atoms with E-state index in [1.165, 1.54) is 35.1 Å². The molecule has 0 saturated heterocycles. The molecule has 1 aliphatic heterocycles. The summed E-state index contributed by atoms with van der Waals surface area (Å²) >= 11 is 1.23. The summed E-state index contributed by atoms with van der Waals surface area (Å²) in [5.74, 6) is 0.716. The minimum absolute atomic E-state index is 0.250. The van der Waals surface area contributed by atoms with Crippen LogP contribution in [0.5, 0.6) is 17.2 Å². The van der Waals surface area contributed by atoms with Crippen molar-refractivity contribution in [2.75, 3.05) is 14.2 Å². The van der Waals surface area contributed by atoms with Crippen LogP contribution in [0.3, 0.4) is 0 Å². The Hall–Kier alpha value is -4.70. The molecule has 0 spiro atoms. The zero-order chi connectivity index (χ0) is 27.3. The van der Waals surface area contributed by atoms with Crippen LogP contribution in [-0.4, -0.2) is 28.8 Å². The molecule has 196 valence electrons. The van der Waals surface area contributed by atoms with E-state index < -0.39 is 22.4 Å². The second kappa shape index (κ2) is 9.55. The van der Waals surface area contributed by atoms with Crippen molar-refractivity contribution in [3.05, 3.63) is 118 Å². The Kier molecular flexibility index (Phi) is 6.03. The number of aryl methyl sites for hydroxylation is 1. The molecule has 0 bridgehead atoms. The molecule has 2 aliphatic rings. The van der Waals surface area contributed by atoms with Crippen LogP contribution in [0.25, 0.3) is 11.8 Å². The number of nitrogens with zero attached hydrogens (tertiary/aromatic N) is 3. The number of hydrogen-bond acceptors (Lipinski definition) is 8. The normalized spacial score (nSPS) is 16.2. The molecule has 10 heteroatoms. The Morgan fingerprint density at radius 3 is 2.64 bits per heavy atom. The number of benzene rings is 3. The van der Waals surface area contributed by atoms with Gasteiger partial charge in [-0.1, -0.05) is 47.7 Å². The van der Waals surface area contributed by atoms with Gasteiger partial charge in [-0.05, 0) is 59.4 Å². The van der Waals surface area contributed by atoms with E-state index in [-0.39, 0.29) is 5.56 Å². The summed E-state index contributed by atoms with van der Waals surface area (Å²) < 4.78 is 13.1. The van der Waals surface area contributed by atoms with E-state index in [1.54, 1.807) is 24.9 Å². The van der Waals surface area contributed by atoms with Crippen LogP contribution in [0.4, 0.5) is 5.69 Å². The maximum absolute atomic E-state index is 13.9. The summed E-state index contributed by atoms with van der Waals surface area (Å²) in [6, 6.07) is 17.4. The molecule has 1 aromatic heterocycles. The highest BCUT2D eigenvalue weighted by Gasteiger charge is 2.33. The number of ether oxygens (including phenoxy) is 2. The third-order valence-corrected chi connectivity index (χ3v) is 8.07. The summed E-state index contributed by atoms with van der Waals surface area (Å²) in [6.45, 7) is 0. The third-order valence-electron chi connectivity index (χ3n) is 7.09. The molecular weight excluding hydrogens is 518 g/mol. The predicted octanol–water partition coefficient (Wildman–Crippen LogP) is 3.95. The van der Waals surface area contributed by atoms with Crippen LogP contribution < -0.4 is 24.4 Å². The quantitative estimate of drug-likeness (QED) is 0.302. The zero-order valence-corrected chi connectivity index (χ0v) is 21.9. The molecule has 4 aromatic rings. The van der Waals surface area contributed by atoms with Gasteiger partial charge in [-0.2, -0.15) is 0 Å². The third kappa shape index (κ3) is 4.09. The van der Waals surface area contributed by atoms with Crippen molar-refractivity contribution in [1.29, 1.82) is 0 Å². The first kappa shape index (κ1) is 24.6. The van der Waals surface area contributed by atoms with Gasteiger partial charge in [0.2, 0.25) is 0 Å². The van der Waals surface area contributed by atoms with Gasteiger partial charge in [-0.15, -0.1) is 0 Å². The highest BCUT2D eigenvalue weighted by molar-refractivity contribution is 7.07. The minimum atomic E-state index is -0.656. The van der Waals surface area contributed by atoms with E-state index in [0.29, 0.717) is 26.4 Å². The summed E-state index contributed by atoms with van der Waals surface area (Å²) in [5.41, 5.74) is 4.79. The lowest BCUT2D eigenvalue weighted by Crippen LogP contribution is -2.38. The fourth-order valence-electron chi connectivity index (χ4n) is 5.27. The number of fused-ring (bicyclic) bond motifs is 3. The first-order chi connectivity index (χ1) is 18.9. The van der Waals surface area contributed by atoms with Crippen molar-refractivity contribution in [3.63, 3.8) is 0 Å². The molecule has 0 radical (unpaired) electrons. The maximum atomic E-state index is 13.9. The molecule has 39 heavy (non-hydrogen) atoms. The molecule has 0 unspecified atom stereocenters. The van der Waals surface area contributed by atoms with Crippen LogP contribution in [0.1, 0.15) is 34.7 Å². The molecule has 3 aromatic carbocycles. The van der Waals surface area contributed by atoms with Gasteiger partial charge in [0.1, 0.15) is 0 Å². The number of allylic oxidation sites excluding steroid dienone is 1. The number of aromatic hydroxyl groups is 1. The summed E-state index contributed by atoms with van der Waals surface area (Å²) in [6.07, 6.45) is 3.16. The molecule has 0 saturated carbocycles. The smallest absolute Gasteiger partial charge is 0.311 e. The number of rotatable bonds is 5. The van der Waals surface area contributed by atoms with Crippen LogP contribution in [0.15, 0.2) is 76.0 Å². The van der Waals surface area contributed by atoms with E-state index in [4.69, 9.17) is 14.5 Å². The lowest BCUT2D eigenvalue weighted by atomic mass is 9.83. The lowest BCUT2D eigenvalue weighted by molar-refractivity contribution is -0.385. The second-order valence-corrected chi connectivity index (χ2v) is 10.2. The van der Waals surface area contributed by atoms with Crippen LogP contribution in [0, 0.1) is 10.1 Å². The van der Waals surface area contributed by atoms with E-state index in [9.17, 15) is 20.0 Å². The average molecular weight is 542 g/mol. The van der Waals surface area contributed by atoms with E-state index in [0.717, 1.165) is 35.2 Å². The Bertz CT molecular complexity index is 1870. The first-order valence-corrected chi connectivity index (χ1v) is 13.0. The summed E-state index contributed by atoms with van der Waals surface area (Å²) in [7, 11) is 3.15. The van der Waals surface area contributed by atoms with Crippen molar-refractivity contribution < 1.29 is 19.5 Å². The summed E-state index contributed by atoms with van der Waals surface area (Å²) in [4.78, 5) is 30.1. The molecule has 0 amide bonds. The number of aromatic nitrogens is 1. The first-order valence-electron chi connectivity index (χ1n) is 12.2. The fourth-order valence-corrected chi connectivity index (χ4v) is 6.27. The highest BCUT2D eigenvalue weighted by Crippen LogP contribution is 2.42. The topological polar surface area (TPSA) is 116 Å². The number of methoxy groups -OCH3 is 2.